The van der Waals surface area contributed by atoms with Crippen molar-refractivity contribution in [2.45, 2.75) is 38.5 Å². The van der Waals surface area contributed by atoms with E-state index in [4.69, 9.17) is 11.6 Å². The fourth-order valence-electron chi connectivity index (χ4n) is 4.05. The van der Waals surface area contributed by atoms with Crippen LogP contribution < -0.4 is 5.32 Å². The Morgan fingerprint density at radius 1 is 0.966 bits per heavy atom. The Labute approximate surface area is 178 Å². The number of benzene rings is 2. The number of amides is 1. The number of halogens is 1. The van der Waals surface area contributed by atoms with E-state index >= 15 is 0 Å². The minimum atomic E-state index is 0.685. The molecule has 2 aromatic carbocycles. The molecule has 1 fully saturated rings. The van der Waals surface area contributed by atoms with Gasteiger partial charge in [-0.1, -0.05) is 60.1 Å². The van der Waals surface area contributed by atoms with E-state index in [2.05, 4.69) is 47.6 Å². The first-order valence-corrected chi connectivity index (χ1v) is 10.7. The lowest BCUT2D eigenvalue weighted by Crippen LogP contribution is -2.25. The van der Waals surface area contributed by atoms with Gasteiger partial charge in [0.2, 0.25) is 6.41 Å². The molecule has 1 aromatic heterocycles. The van der Waals surface area contributed by atoms with Crippen LogP contribution >= 0.6 is 11.6 Å². The van der Waals surface area contributed by atoms with Gasteiger partial charge in [0.15, 0.2) is 0 Å². The summed E-state index contributed by atoms with van der Waals surface area (Å²) in [7, 11) is 0. The highest BCUT2D eigenvalue weighted by atomic mass is 35.5. The summed E-state index contributed by atoms with van der Waals surface area (Å²) in [6, 6.07) is 18.6. The summed E-state index contributed by atoms with van der Waals surface area (Å²) in [4.78, 5) is 13.3. The van der Waals surface area contributed by atoms with Gasteiger partial charge in [-0.3, -0.25) is 4.79 Å². The van der Waals surface area contributed by atoms with Crippen LogP contribution in [0.2, 0.25) is 5.02 Å². The van der Waals surface area contributed by atoms with E-state index < -0.39 is 0 Å². The first-order chi connectivity index (χ1) is 14.2. The number of hydrogen-bond acceptors (Lipinski definition) is 1. The predicted molar refractivity (Wildman–Crippen MR) is 121 cm³/mol. The summed E-state index contributed by atoms with van der Waals surface area (Å²) in [5, 5.41) is 3.59. The van der Waals surface area contributed by atoms with Crippen LogP contribution in [0.3, 0.4) is 0 Å². The second-order valence-electron chi connectivity index (χ2n) is 7.69. The maximum absolute atomic E-state index is 10.2. The molecule has 0 unspecified atom stereocenters. The number of H-pyrrole nitrogens is 1. The Hall–Kier alpha value is -2.52. The molecule has 0 radical (unpaired) electrons. The standard InChI is InChI=1S/C14H19NO.C11H10ClN/c16-11-15-10-12-6-8-14(9-7-12)13-4-2-1-3-5-13;1-8-6-13-7-10(8)9-4-2-3-5-11(9)12/h1-5,11-12,14H,6-10H2,(H,15,16);2-7,13H,1H3. The molecule has 1 heterocycles. The molecule has 29 heavy (non-hydrogen) atoms. The smallest absolute Gasteiger partial charge is 0.207 e. The molecule has 152 valence electrons. The molecule has 3 nitrogen and oxygen atoms in total. The average Bonchev–Trinajstić information content (AvgIpc) is 3.20. The van der Waals surface area contributed by atoms with Crippen molar-refractivity contribution >= 4 is 18.0 Å². The maximum atomic E-state index is 10.2. The van der Waals surface area contributed by atoms with Crippen molar-refractivity contribution in [3.63, 3.8) is 0 Å². The van der Waals surface area contributed by atoms with Gasteiger partial charge < -0.3 is 10.3 Å². The van der Waals surface area contributed by atoms with Gasteiger partial charge in [-0.25, -0.2) is 0 Å². The van der Waals surface area contributed by atoms with Crippen molar-refractivity contribution in [2.75, 3.05) is 6.54 Å². The van der Waals surface area contributed by atoms with Crippen LogP contribution in [0.4, 0.5) is 0 Å². The summed E-state index contributed by atoms with van der Waals surface area (Å²) >= 11 is 6.07. The summed E-state index contributed by atoms with van der Waals surface area (Å²) in [6.07, 6.45) is 9.74. The number of aromatic nitrogens is 1. The molecule has 4 heteroatoms. The number of aromatic amines is 1. The van der Waals surface area contributed by atoms with Gasteiger partial charge in [0.1, 0.15) is 0 Å². The molecule has 0 spiro atoms. The Morgan fingerprint density at radius 2 is 1.66 bits per heavy atom. The second kappa shape index (κ2) is 10.9. The molecule has 0 aliphatic heterocycles. The van der Waals surface area contributed by atoms with Crippen molar-refractivity contribution in [2.24, 2.45) is 5.92 Å². The highest BCUT2D eigenvalue weighted by Crippen LogP contribution is 2.35. The van der Waals surface area contributed by atoms with Crippen LogP contribution in [-0.2, 0) is 4.79 Å². The van der Waals surface area contributed by atoms with Gasteiger partial charge in [0.25, 0.3) is 0 Å². The molecular formula is C25H29ClN2O. The normalized spacial score (nSPS) is 18.4. The number of rotatable bonds is 5. The van der Waals surface area contributed by atoms with Gasteiger partial charge >= 0.3 is 0 Å². The molecule has 1 aliphatic rings. The minimum Gasteiger partial charge on any atom is -0.367 e. The number of carbonyl (C=O) groups excluding carboxylic acids is 1. The van der Waals surface area contributed by atoms with Gasteiger partial charge in [-0.15, -0.1) is 0 Å². The van der Waals surface area contributed by atoms with Crippen LogP contribution in [0, 0.1) is 12.8 Å². The van der Waals surface area contributed by atoms with Crippen LogP contribution in [0.25, 0.3) is 11.1 Å². The van der Waals surface area contributed by atoms with Gasteiger partial charge in [0, 0.05) is 35.1 Å². The zero-order valence-corrected chi connectivity index (χ0v) is 17.7. The van der Waals surface area contributed by atoms with Gasteiger partial charge in [-0.05, 0) is 61.6 Å². The lowest BCUT2D eigenvalue weighted by atomic mass is 9.79. The number of hydrogen-bond donors (Lipinski definition) is 2. The van der Waals surface area contributed by atoms with Crippen molar-refractivity contribution in [1.29, 1.82) is 0 Å². The van der Waals surface area contributed by atoms with Crippen LogP contribution in [0.5, 0.6) is 0 Å². The Bertz CT molecular complexity index is 883. The molecule has 1 amide bonds. The van der Waals surface area contributed by atoms with Crippen molar-refractivity contribution in [3.05, 3.63) is 83.1 Å². The van der Waals surface area contributed by atoms with E-state index in [1.165, 1.54) is 42.4 Å². The molecule has 4 rings (SSSR count). The largest absolute Gasteiger partial charge is 0.367 e. The summed E-state index contributed by atoms with van der Waals surface area (Å²) in [6.45, 7) is 2.92. The minimum absolute atomic E-state index is 0.685. The summed E-state index contributed by atoms with van der Waals surface area (Å²) < 4.78 is 0. The van der Waals surface area contributed by atoms with Crippen LogP contribution in [0.15, 0.2) is 67.0 Å². The van der Waals surface area contributed by atoms with Gasteiger partial charge in [0.05, 0.1) is 0 Å². The van der Waals surface area contributed by atoms with Crippen molar-refractivity contribution < 1.29 is 4.79 Å². The lowest BCUT2D eigenvalue weighted by Gasteiger charge is -2.28. The van der Waals surface area contributed by atoms with E-state index in [0.717, 1.165) is 29.5 Å². The quantitative estimate of drug-likeness (QED) is 0.474. The number of aryl methyl sites for hydroxylation is 1. The fraction of sp³-hybridized carbons (Fsp3) is 0.320. The molecule has 1 saturated carbocycles. The third kappa shape index (κ3) is 5.98. The monoisotopic (exact) mass is 408 g/mol. The molecule has 2 N–H and O–H groups in total. The third-order valence-electron chi connectivity index (χ3n) is 5.72. The maximum Gasteiger partial charge on any atom is 0.207 e. The molecule has 0 atom stereocenters. The van der Waals surface area contributed by atoms with Crippen molar-refractivity contribution in [3.8, 4) is 11.1 Å². The first kappa shape index (κ1) is 21.2. The molecule has 0 bridgehead atoms. The van der Waals surface area contributed by atoms with Crippen LogP contribution in [0.1, 0.15) is 42.7 Å². The number of carbonyl (C=O) groups is 1. The first-order valence-electron chi connectivity index (χ1n) is 10.3. The summed E-state index contributed by atoms with van der Waals surface area (Å²) in [5.74, 6) is 1.42. The second-order valence-corrected chi connectivity index (χ2v) is 8.09. The molecular weight excluding hydrogens is 380 g/mol. The van der Waals surface area contributed by atoms with Crippen molar-refractivity contribution in [1.82, 2.24) is 10.3 Å². The fourth-order valence-corrected chi connectivity index (χ4v) is 4.29. The topological polar surface area (TPSA) is 44.9 Å². The van der Waals surface area contributed by atoms with E-state index in [1.807, 2.05) is 36.7 Å². The summed E-state index contributed by atoms with van der Waals surface area (Å²) in [5.41, 5.74) is 4.95. The third-order valence-corrected chi connectivity index (χ3v) is 6.05. The average molecular weight is 409 g/mol. The van der Waals surface area contributed by atoms with Crippen LogP contribution in [-0.4, -0.2) is 17.9 Å². The zero-order chi connectivity index (χ0) is 20.5. The van der Waals surface area contributed by atoms with Gasteiger partial charge in [-0.2, -0.15) is 0 Å². The molecule has 3 aromatic rings. The van der Waals surface area contributed by atoms with E-state index in [9.17, 15) is 4.79 Å². The highest BCUT2D eigenvalue weighted by Gasteiger charge is 2.21. The predicted octanol–water partition coefficient (Wildman–Crippen LogP) is 6.35. The van der Waals surface area contributed by atoms with E-state index in [0.29, 0.717) is 5.92 Å². The number of nitrogens with one attached hydrogen (secondary N) is 2. The highest BCUT2D eigenvalue weighted by molar-refractivity contribution is 6.33. The molecule has 0 saturated heterocycles. The van der Waals surface area contributed by atoms with E-state index in [1.54, 1.807) is 0 Å². The zero-order valence-electron chi connectivity index (χ0n) is 16.9. The van der Waals surface area contributed by atoms with E-state index in [-0.39, 0.29) is 0 Å². The Kier molecular flexibility index (Phi) is 7.94. The SMILES string of the molecule is Cc1c[nH]cc1-c1ccccc1Cl.O=CNCC1CCC(c2ccccc2)CC1. The molecule has 1 aliphatic carbocycles. The lowest BCUT2D eigenvalue weighted by molar-refractivity contribution is -0.109. The Balaban J connectivity index is 0.000000169. The Morgan fingerprint density at radius 3 is 2.28 bits per heavy atom.